The van der Waals surface area contributed by atoms with E-state index in [-0.39, 0.29) is 30.5 Å². The summed E-state index contributed by atoms with van der Waals surface area (Å²) in [5, 5.41) is 10.2. The van der Waals surface area contributed by atoms with Crippen LogP contribution in [0.25, 0.3) is 11.1 Å². The van der Waals surface area contributed by atoms with Gasteiger partial charge in [-0.2, -0.15) is 0 Å². The van der Waals surface area contributed by atoms with Crippen molar-refractivity contribution in [3.8, 4) is 16.9 Å². The lowest BCUT2D eigenvalue weighted by Gasteiger charge is -2.57. The van der Waals surface area contributed by atoms with E-state index in [9.17, 15) is 9.90 Å². The number of hydrogen-bond acceptors (Lipinski definition) is 5. The number of methoxy groups -OCH3 is 1. The Labute approximate surface area is 200 Å². The van der Waals surface area contributed by atoms with Crippen molar-refractivity contribution < 1.29 is 14.6 Å². The number of rotatable bonds is 5. The number of nitrogens with zero attached hydrogens (tertiary/aromatic N) is 3. The van der Waals surface area contributed by atoms with E-state index in [2.05, 4.69) is 40.2 Å². The molecule has 1 N–H and O–H groups in total. The van der Waals surface area contributed by atoms with Crippen LogP contribution in [0.2, 0.25) is 0 Å². The highest BCUT2D eigenvalue weighted by Crippen LogP contribution is 2.42. The van der Waals surface area contributed by atoms with Gasteiger partial charge in [0.1, 0.15) is 5.75 Å². The summed E-state index contributed by atoms with van der Waals surface area (Å²) in [6, 6.07) is 20.5. The average Bonchev–Trinajstić information content (AvgIpc) is 2.88. The number of fused-ring (bicyclic) bond motifs is 1. The number of aromatic nitrogens is 1. The Hall–Kier alpha value is -3.22. The molecule has 3 heterocycles. The van der Waals surface area contributed by atoms with E-state index >= 15 is 0 Å². The maximum absolute atomic E-state index is 13.2. The Morgan fingerprint density at radius 3 is 2.50 bits per heavy atom. The standard InChI is InChI=1S/C28H31N3O3/c1-34-26-7-3-2-6-23(26)20-8-10-21(11-9-20)27-24-18-30(28(33)22-12-14-29-15-13-22)16-4-5-17-31(24)25(27)19-32/h2-3,6-15,24-25,27,32H,4-5,16-19H2,1H3/t24-,25-,27+/m0/s1. The maximum Gasteiger partial charge on any atom is 0.254 e. The summed E-state index contributed by atoms with van der Waals surface area (Å²) in [6.45, 7) is 2.50. The lowest BCUT2D eigenvalue weighted by atomic mass is 9.74. The van der Waals surface area contributed by atoms with Gasteiger partial charge in [-0.1, -0.05) is 42.5 Å². The number of carbonyl (C=O) groups is 1. The van der Waals surface area contributed by atoms with E-state index in [0.717, 1.165) is 42.8 Å². The predicted octanol–water partition coefficient (Wildman–Crippen LogP) is 3.82. The molecule has 1 amide bonds. The molecule has 0 spiro atoms. The number of carbonyl (C=O) groups excluding carboxylic acids is 1. The zero-order valence-corrected chi connectivity index (χ0v) is 19.5. The van der Waals surface area contributed by atoms with E-state index in [4.69, 9.17) is 4.74 Å². The molecule has 0 aliphatic carbocycles. The predicted molar refractivity (Wildman–Crippen MR) is 132 cm³/mol. The molecule has 34 heavy (non-hydrogen) atoms. The van der Waals surface area contributed by atoms with Gasteiger partial charge in [-0.3, -0.25) is 14.7 Å². The van der Waals surface area contributed by atoms with Crippen molar-refractivity contribution in [2.45, 2.75) is 30.8 Å². The SMILES string of the molecule is COc1ccccc1-c1ccc([C@H]2[C@H](CO)N3CCCCN(C(=O)c4ccncc4)C[C@@H]23)cc1. The smallest absolute Gasteiger partial charge is 0.254 e. The number of para-hydroxylation sites is 1. The first-order valence-electron chi connectivity index (χ1n) is 12.0. The highest BCUT2D eigenvalue weighted by Gasteiger charge is 2.49. The van der Waals surface area contributed by atoms with Crippen LogP contribution in [-0.4, -0.2) is 71.2 Å². The van der Waals surface area contributed by atoms with Crippen LogP contribution < -0.4 is 4.74 Å². The summed E-state index contributed by atoms with van der Waals surface area (Å²) in [5.74, 6) is 1.09. The van der Waals surface area contributed by atoms with E-state index in [1.807, 2.05) is 23.1 Å². The third-order valence-electron chi connectivity index (χ3n) is 7.30. The fraction of sp³-hybridized carbons (Fsp3) is 0.357. The van der Waals surface area contributed by atoms with Crippen LogP contribution in [-0.2, 0) is 0 Å². The maximum atomic E-state index is 13.2. The van der Waals surface area contributed by atoms with Crippen molar-refractivity contribution >= 4 is 5.91 Å². The summed E-state index contributed by atoms with van der Waals surface area (Å²) in [4.78, 5) is 21.6. The van der Waals surface area contributed by atoms with E-state index in [1.165, 1.54) is 5.56 Å². The summed E-state index contributed by atoms with van der Waals surface area (Å²) in [7, 11) is 1.69. The summed E-state index contributed by atoms with van der Waals surface area (Å²) < 4.78 is 5.53. The molecule has 2 aliphatic heterocycles. The molecule has 2 fully saturated rings. The molecule has 6 heteroatoms. The molecule has 3 aromatic rings. The molecular weight excluding hydrogens is 426 g/mol. The molecule has 3 atom stereocenters. The van der Waals surface area contributed by atoms with Gasteiger partial charge in [-0.05, 0) is 48.7 Å². The Balaban J connectivity index is 1.40. The molecule has 176 valence electrons. The van der Waals surface area contributed by atoms with Crippen molar-refractivity contribution in [2.24, 2.45) is 0 Å². The van der Waals surface area contributed by atoms with E-state index in [0.29, 0.717) is 12.1 Å². The Bertz CT molecular complexity index is 1120. The van der Waals surface area contributed by atoms with Gasteiger partial charge >= 0.3 is 0 Å². The topological polar surface area (TPSA) is 65.9 Å². The molecule has 2 aliphatic rings. The van der Waals surface area contributed by atoms with Gasteiger partial charge in [-0.25, -0.2) is 0 Å². The van der Waals surface area contributed by atoms with Gasteiger partial charge in [0.25, 0.3) is 5.91 Å². The minimum Gasteiger partial charge on any atom is -0.496 e. The van der Waals surface area contributed by atoms with Crippen LogP contribution >= 0.6 is 0 Å². The second kappa shape index (κ2) is 9.95. The number of ether oxygens (including phenoxy) is 1. The molecule has 5 rings (SSSR count). The van der Waals surface area contributed by atoms with Crippen molar-refractivity contribution in [1.29, 1.82) is 0 Å². The Morgan fingerprint density at radius 2 is 1.76 bits per heavy atom. The summed E-state index contributed by atoms with van der Waals surface area (Å²) in [5.41, 5.74) is 4.05. The van der Waals surface area contributed by atoms with Crippen LogP contribution in [0.4, 0.5) is 0 Å². The minimum absolute atomic E-state index is 0.0574. The Morgan fingerprint density at radius 1 is 1.03 bits per heavy atom. The van der Waals surface area contributed by atoms with Crippen molar-refractivity contribution in [2.75, 3.05) is 33.4 Å². The summed E-state index contributed by atoms with van der Waals surface area (Å²) in [6.07, 6.45) is 5.32. The van der Waals surface area contributed by atoms with E-state index in [1.54, 1.807) is 31.6 Å². The van der Waals surface area contributed by atoms with Gasteiger partial charge < -0.3 is 14.7 Å². The lowest BCUT2D eigenvalue weighted by molar-refractivity contribution is -0.0606. The zero-order valence-electron chi connectivity index (χ0n) is 19.5. The quantitative estimate of drug-likeness (QED) is 0.631. The van der Waals surface area contributed by atoms with Crippen LogP contribution in [0, 0.1) is 0 Å². The summed E-state index contributed by atoms with van der Waals surface area (Å²) >= 11 is 0. The number of pyridine rings is 1. The van der Waals surface area contributed by atoms with Crippen LogP contribution in [0.15, 0.2) is 73.1 Å². The van der Waals surface area contributed by atoms with Crippen LogP contribution in [0.1, 0.15) is 34.7 Å². The van der Waals surface area contributed by atoms with Crippen molar-refractivity contribution in [1.82, 2.24) is 14.8 Å². The molecule has 0 unspecified atom stereocenters. The molecule has 0 saturated carbocycles. The molecule has 0 bridgehead atoms. The first kappa shape index (κ1) is 22.6. The molecule has 1 aromatic heterocycles. The fourth-order valence-electron chi connectivity index (χ4n) is 5.57. The van der Waals surface area contributed by atoms with Crippen LogP contribution in [0.3, 0.4) is 0 Å². The molecular formula is C28H31N3O3. The van der Waals surface area contributed by atoms with Gasteiger partial charge in [0.2, 0.25) is 0 Å². The molecule has 6 nitrogen and oxygen atoms in total. The third-order valence-corrected chi connectivity index (χ3v) is 7.30. The van der Waals surface area contributed by atoms with Crippen molar-refractivity contribution in [3.63, 3.8) is 0 Å². The monoisotopic (exact) mass is 457 g/mol. The highest BCUT2D eigenvalue weighted by molar-refractivity contribution is 5.94. The van der Waals surface area contributed by atoms with Crippen molar-refractivity contribution in [3.05, 3.63) is 84.2 Å². The van der Waals surface area contributed by atoms with Gasteiger partial charge in [0.15, 0.2) is 0 Å². The molecule has 0 radical (unpaired) electrons. The second-order valence-corrected chi connectivity index (χ2v) is 9.10. The number of amides is 1. The lowest BCUT2D eigenvalue weighted by Crippen LogP contribution is -2.67. The normalized spacial score (nSPS) is 22.8. The average molecular weight is 458 g/mol. The van der Waals surface area contributed by atoms with Gasteiger partial charge in [0.05, 0.1) is 13.7 Å². The first-order valence-corrected chi connectivity index (χ1v) is 12.0. The Kier molecular flexibility index (Phi) is 6.61. The number of benzene rings is 2. The second-order valence-electron chi connectivity index (χ2n) is 9.10. The van der Waals surface area contributed by atoms with E-state index < -0.39 is 0 Å². The third kappa shape index (κ3) is 4.19. The molecule has 2 aromatic carbocycles. The fourth-order valence-corrected chi connectivity index (χ4v) is 5.57. The van der Waals surface area contributed by atoms with Gasteiger partial charge in [0, 0.05) is 54.6 Å². The largest absolute Gasteiger partial charge is 0.496 e. The first-order chi connectivity index (χ1) is 16.7. The minimum atomic E-state index is 0.0574. The number of aliphatic hydroxyl groups excluding tert-OH is 1. The zero-order chi connectivity index (χ0) is 23.5. The number of aliphatic hydroxyl groups is 1. The highest BCUT2D eigenvalue weighted by atomic mass is 16.5. The molecule has 2 saturated heterocycles. The van der Waals surface area contributed by atoms with Crippen LogP contribution in [0.5, 0.6) is 5.75 Å². The van der Waals surface area contributed by atoms with Gasteiger partial charge in [-0.15, -0.1) is 0 Å². The number of hydrogen-bond donors (Lipinski definition) is 1.